The predicted octanol–water partition coefficient (Wildman–Crippen LogP) is 2.99. The molecule has 0 unspecified atom stereocenters. The molecule has 0 aromatic heterocycles. The highest BCUT2D eigenvalue weighted by molar-refractivity contribution is 6.00. The number of rotatable bonds is 5. The molecule has 1 amide bonds. The maximum absolute atomic E-state index is 13.0. The van der Waals surface area contributed by atoms with E-state index in [-0.39, 0.29) is 12.0 Å². The first-order chi connectivity index (χ1) is 13.3. The molecule has 0 bridgehead atoms. The third-order valence-corrected chi connectivity index (χ3v) is 5.27. The Labute approximate surface area is 160 Å². The SMILES string of the molecule is CCc1ccccc1OC1CN(C(=O)c2ccccc2N2CCOCC2)C1. The van der Waals surface area contributed by atoms with E-state index in [2.05, 4.69) is 17.9 Å². The number of nitrogens with zero attached hydrogens (tertiary/aromatic N) is 2. The molecule has 0 N–H and O–H groups in total. The number of amides is 1. The van der Waals surface area contributed by atoms with Gasteiger partial charge in [-0.3, -0.25) is 4.79 Å². The molecular weight excluding hydrogens is 340 g/mol. The van der Waals surface area contributed by atoms with E-state index in [0.717, 1.165) is 36.5 Å². The van der Waals surface area contributed by atoms with Crippen LogP contribution >= 0.6 is 0 Å². The van der Waals surface area contributed by atoms with Crippen molar-refractivity contribution in [1.29, 1.82) is 0 Å². The highest BCUT2D eigenvalue weighted by Crippen LogP contribution is 2.27. The third-order valence-electron chi connectivity index (χ3n) is 5.27. The van der Waals surface area contributed by atoms with Crippen LogP contribution in [0.3, 0.4) is 0 Å². The molecule has 4 rings (SSSR count). The molecule has 0 spiro atoms. The van der Waals surface area contributed by atoms with Gasteiger partial charge in [-0.15, -0.1) is 0 Å². The van der Waals surface area contributed by atoms with Crippen LogP contribution in [-0.4, -0.2) is 56.3 Å². The second kappa shape index (κ2) is 8.01. The first kappa shape index (κ1) is 17.9. The second-order valence-electron chi connectivity index (χ2n) is 7.03. The van der Waals surface area contributed by atoms with E-state index in [0.29, 0.717) is 26.3 Å². The number of likely N-dealkylation sites (tertiary alicyclic amines) is 1. The van der Waals surface area contributed by atoms with Crippen molar-refractivity contribution in [3.63, 3.8) is 0 Å². The molecule has 0 radical (unpaired) electrons. The molecule has 2 aromatic carbocycles. The van der Waals surface area contributed by atoms with E-state index >= 15 is 0 Å². The van der Waals surface area contributed by atoms with Crippen LogP contribution < -0.4 is 9.64 Å². The van der Waals surface area contributed by atoms with E-state index in [1.807, 2.05) is 47.4 Å². The highest BCUT2D eigenvalue weighted by atomic mass is 16.5. The van der Waals surface area contributed by atoms with Crippen molar-refractivity contribution in [3.05, 3.63) is 59.7 Å². The zero-order valence-corrected chi connectivity index (χ0v) is 15.8. The Hall–Kier alpha value is -2.53. The summed E-state index contributed by atoms with van der Waals surface area (Å²) in [4.78, 5) is 17.1. The Morgan fingerprint density at radius 3 is 2.56 bits per heavy atom. The minimum Gasteiger partial charge on any atom is -0.486 e. The van der Waals surface area contributed by atoms with Crippen molar-refractivity contribution in [3.8, 4) is 5.75 Å². The van der Waals surface area contributed by atoms with E-state index in [1.165, 1.54) is 5.56 Å². The quantitative estimate of drug-likeness (QED) is 0.816. The summed E-state index contributed by atoms with van der Waals surface area (Å²) in [5.41, 5.74) is 2.98. The van der Waals surface area contributed by atoms with Gasteiger partial charge in [0.05, 0.1) is 31.9 Å². The topological polar surface area (TPSA) is 42.0 Å². The van der Waals surface area contributed by atoms with E-state index in [9.17, 15) is 4.79 Å². The first-order valence-corrected chi connectivity index (χ1v) is 9.72. The molecule has 2 aromatic rings. The number of hydrogen-bond acceptors (Lipinski definition) is 4. The second-order valence-corrected chi connectivity index (χ2v) is 7.03. The fourth-order valence-corrected chi connectivity index (χ4v) is 3.67. The average Bonchev–Trinajstić information content (AvgIpc) is 2.71. The first-order valence-electron chi connectivity index (χ1n) is 9.72. The standard InChI is InChI=1S/C22H26N2O3/c1-2-17-7-3-6-10-21(17)27-18-15-24(16-18)22(25)19-8-4-5-9-20(19)23-11-13-26-14-12-23/h3-10,18H,2,11-16H2,1H3. The van der Waals surface area contributed by atoms with Gasteiger partial charge < -0.3 is 19.3 Å². The monoisotopic (exact) mass is 366 g/mol. The zero-order valence-electron chi connectivity index (χ0n) is 15.8. The number of carbonyl (C=O) groups excluding carboxylic acids is 1. The Morgan fingerprint density at radius 1 is 1.07 bits per heavy atom. The Bertz CT molecular complexity index is 796. The van der Waals surface area contributed by atoms with Gasteiger partial charge >= 0.3 is 0 Å². The molecule has 0 saturated carbocycles. The Balaban J connectivity index is 1.41. The molecule has 5 nitrogen and oxygen atoms in total. The Morgan fingerprint density at radius 2 is 1.78 bits per heavy atom. The maximum Gasteiger partial charge on any atom is 0.256 e. The van der Waals surface area contributed by atoms with Crippen LogP contribution in [0.25, 0.3) is 0 Å². The molecule has 2 fully saturated rings. The smallest absolute Gasteiger partial charge is 0.256 e. The zero-order chi connectivity index (χ0) is 18.6. The summed E-state index contributed by atoms with van der Waals surface area (Å²) >= 11 is 0. The summed E-state index contributed by atoms with van der Waals surface area (Å²) in [5.74, 6) is 1.02. The minimum atomic E-state index is 0.0669. The van der Waals surface area contributed by atoms with Crippen LogP contribution in [-0.2, 0) is 11.2 Å². The maximum atomic E-state index is 13.0. The number of morpholine rings is 1. The molecule has 2 saturated heterocycles. The van der Waals surface area contributed by atoms with Crippen molar-refractivity contribution in [2.75, 3.05) is 44.3 Å². The molecule has 0 aliphatic carbocycles. The molecule has 2 heterocycles. The van der Waals surface area contributed by atoms with Gasteiger partial charge in [-0.1, -0.05) is 37.3 Å². The third kappa shape index (κ3) is 3.78. The van der Waals surface area contributed by atoms with Crippen LogP contribution in [0.4, 0.5) is 5.69 Å². The van der Waals surface area contributed by atoms with E-state index in [4.69, 9.17) is 9.47 Å². The number of anilines is 1. The van der Waals surface area contributed by atoms with Gasteiger partial charge in [0.25, 0.3) is 5.91 Å². The fourth-order valence-electron chi connectivity index (χ4n) is 3.67. The number of carbonyl (C=O) groups is 1. The van der Waals surface area contributed by atoms with Crippen molar-refractivity contribution in [1.82, 2.24) is 4.90 Å². The van der Waals surface area contributed by atoms with Crippen molar-refractivity contribution in [2.45, 2.75) is 19.4 Å². The summed E-state index contributed by atoms with van der Waals surface area (Å²) in [6.45, 7) is 6.45. The van der Waals surface area contributed by atoms with E-state index < -0.39 is 0 Å². The molecule has 142 valence electrons. The van der Waals surface area contributed by atoms with Crippen molar-refractivity contribution < 1.29 is 14.3 Å². The molecule has 5 heteroatoms. The van der Waals surface area contributed by atoms with Crippen LogP contribution in [0, 0.1) is 0 Å². The van der Waals surface area contributed by atoms with Gasteiger partial charge in [-0.2, -0.15) is 0 Å². The number of para-hydroxylation sites is 2. The molecule has 27 heavy (non-hydrogen) atoms. The number of aryl methyl sites for hydroxylation is 1. The summed E-state index contributed by atoms with van der Waals surface area (Å²) < 4.78 is 11.6. The average molecular weight is 366 g/mol. The summed E-state index contributed by atoms with van der Waals surface area (Å²) in [7, 11) is 0. The van der Waals surface area contributed by atoms with Gasteiger partial charge in [0.1, 0.15) is 11.9 Å². The van der Waals surface area contributed by atoms with E-state index in [1.54, 1.807) is 0 Å². The lowest BCUT2D eigenvalue weighted by Crippen LogP contribution is -2.56. The van der Waals surface area contributed by atoms with Gasteiger partial charge in [-0.05, 0) is 30.2 Å². The van der Waals surface area contributed by atoms with Crippen LogP contribution in [0.5, 0.6) is 5.75 Å². The fraction of sp³-hybridized carbons (Fsp3) is 0.409. The lowest BCUT2D eigenvalue weighted by molar-refractivity contribution is 0.0175. The van der Waals surface area contributed by atoms with Gasteiger partial charge in [0, 0.05) is 18.8 Å². The van der Waals surface area contributed by atoms with Crippen LogP contribution in [0.1, 0.15) is 22.8 Å². The number of benzene rings is 2. The summed E-state index contributed by atoms with van der Waals surface area (Å²) in [5, 5.41) is 0. The van der Waals surface area contributed by atoms with Gasteiger partial charge in [0.15, 0.2) is 0 Å². The van der Waals surface area contributed by atoms with Crippen LogP contribution in [0.15, 0.2) is 48.5 Å². The van der Waals surface area contributed by atoms with Gasteiger partial charge in [-0.25, -0.2) is 0 Å². The lowest BCUT2D eigenvalue weighted by Gasteiger charge is -2.40. The van der Waals surface area contributed by atoms with Gasteiger partial charge in [0.2, 0.25) is 0 Å². The highest BCUT2D eigenvalue weighted by Gasteiger charge is 2.34. The molecule has 0 atom stereocenters. The van der Waals surface area contributed by atoms with Crippen LogP contribution in [0.2, 0.25) is 0 Å². The normalized spacial score (nSPS) is 17.5. The summed E-state index contributed by atoms with van der Waals surface area (Å²) in [6.07, 6.45) is 1.01. The predicted molar refractivity (Wildman–Crippen MR) is 106 cm³/mol. The largest absolute Gasteiger partial charge is 0.486 e. The molecular formula is C22H26N2O3. The number of hydrogen-bond donors (Lipinski definition) is 0. The number of ether oxygens (including phenoxy) is 2. The summed E-state index contributed by atoms with van der Waals surface area (Å²) in [6, 6.07) is 16.0. The molecule has 2 aliphatic rings. The lowest BCUT2D eigenvalue weighted by atomic mass is 10.1. The molecule has 2 aliphatic heterocycles. The van der Waals surface area contributed by atoms with Crippen molar-refractivity contribution in [2.24, 2.45) is 0 Å². The Kier molecular flexibility index (Phi) is 5.30. The van der Waals surface area contributed by atoms with Crippen molar-refractivity contribution >= 4 is 11.6 Å². The minimum absolute atomic E-state index is 0.0669.